The maximum Gasteiger partial charge on any atom is 0.175 e. The topological polar surface area (TPSA) is 68.2 Å². The van der Waals surface area contributed by atoms with Crippen LogP contribution in [-0.2, 0) is 11.3 Å². The molecule has 0 spiro atoms. The number of hydrogen-bond acceptors (Lipinski definition) is 5. The molecule has 0 saturated heterocycles. The van der Waals surface area contributed by atoms with Crippen LogP contribution in [0.2, 0.25) is 0 Å². The van der Waals surface area contributed by atoms with Crippen molar-refractivity contribution < 1.29 is 24.4 Å². The van der Waals surface area contributed by atoms with E-state index < -0.39 is 0 Å². The summed E-state index contributed by atoms with van der Waals surface area (Å²) in [6.45, 7) is 0.976. The van der Waals surface area contributed by atoms with Crippen molar-refractivity contribution in [3.8, 4) is 11.5 Å². The van der Waals surface area contributed by atoms with Crippen molar-refractivity contribution in [3.05, 3.63) is 22.2 Å². The zero-order valence-corrected chi connectivity index (χ0v) is 11.8. The Bertz CT molecular complexity index is 370. The van der Waals surface area contributed by atoms with E-state index in [2.05, 4.69) is 15.9 Å². The fourth-order valence-electron chi connectivity index (χ4n) is 1.37. The summed E-state index contributed by atoms with van der Waals surface area (Å²) in [5.74, 6) is 1.12. The molecule has 0 atom stereocenters. The molecule has 102 valence electrons. The van der Waals surface area contributed by atoms with Gasteiger partial charge in [-0.3, -0.25) is 0 Å². The van der Waals surface area contributed by atoms with Crippen LogP contribution in [-0.4, -0.2) is 43.8 Å². The van der Waals surface area contributed by atoms with Crippen LogP contribution < -0.4 is 9.47 Å². The Balaban J connectivity index is 2.63. The SMILES string of the molecule is COc1cc(CO)cc(Br)c1OCCOCCO. The van der Waals surface area contributed by atoms with Crippen molar-refractivity contribution in [1.29, 1.82) is 0 Å². The van der Waals surface area contributed by atoms with Crippen molar-refractivity contribution in [2.24, 2.45) is 0 Å². The van der Waals surface area contributed by atoms with E-state index in [9.17, 15) is 0 Å². The molecule has 0 bridgehead atoms. The van der Waals surface area contributed by atoms with E-state index in [0.29, 0.717) is 35.8 Å². The summed E-state index contributed by atoms with van der Waals surface area (Å²) in [7, 11) is 1.54. The average molecular weight is 321 g/mol. The first-order chi connectivity index (χ1) is 8.72. The monoisotopic (exact) mass is 320 g/mol. The van der Waals surface area contributed by atoms with E-state index in [1.807, 2.05) is 0 Å². The summed E-state index contributed by atoms with van der Waals surface area (Å²) in [5, 5.41) is 17.6. The van der Waals surface area contributed by atoms with Gasteiger partial charge in [-0.1, -0.05) is 0 Å². The molecule has 0 aliphatic carbocycles. The summed E-state index contributed by atoms with van der Waals surface area (Å²) in [6, 6.07) is 3.49. The third-order valence-corrected chi connectivity index (χ3v) is 2.77. The molecule has 2 N–H and O–H groups in total. The summed E-state index contributed by atoms with van der Waals surface area (Å²) in [5.41, 5.74) is 0.739. The fraction of sp³-hybridized carbons (Fsp3) is 0.500. The maximum atomic E-state index is 9.09. The number of aliphatic hydroxyl groups excluding tert-OH is 2. The summed E-state index contributed by atoms with van der Waals surface area (Å²) in [4.78, 5) is 0. The number of ether oxygens (including phenoxy) is 3. The smallest absolute Gasteiger partial charge is 0.175 e. The number of halogens is 1. The minimum Gasteiger partial charge on any atom is -0.493 e. The van der Waals surface area contributed by atoms with Crippen LogP contribution in [0.25, 0.3) is 0 Å². The number of rotatable bonds is 8. The van der Waals surface area contributed by atoms with Gasteiger partial charge in [-0.15, -0.1) is 0 Å². The third-order valence-electron chi connectivity index (χ3n) is 2.18. The largest absolute Gasteiger partial charge is 0.493 e. The van der Waals surface area contributed by atoms with Crippen LogP contribution in [0, 0.1) is 0 Å². The third kappa shape index (κ3) is 4.45. The highest BCUT2D eigenvalue weighted by atomic mass is 79.9. The van der Waals surface area contributed by atoms with E-state index in [1.54, 1.807) is 12.1 Å². The standard InChI is InChI=1S/C12H17BrO5/c1-16-11-7-9(8-15)6-10(13)12(11)18-5-4-17-3-2-14/h6-7,14-15H,2-5,8H2,1H3. The Labute approximate surface area is 114 Å². The number of methoxy groups -OCH3 is 1. The number of aliphatic hydroxyl groups is 2. The second-order valence-electron chi connectivity index (χ2n) is 3.45. The maximum absolute atomic E-state index is 9.09. The summed E-state index contributed by atoms with van der Waals surface area (Å²) in [6.07, 6.45) is 0. The van der Waals surface area contributed by atoms with Crippen LogP contribution in [0.4, 0.5) is 0 Å². The molecular formula is C12H17BrO5. The van der Waals surface area contributed by atoms with Gasteiger partial charge in [0.2, 0.25) is 0 Å². The summed E-state index contributed by atoms with van der Waals surface area (Å²) < 4.78 is 16.6. The van der Waals surface area contributed by atoms with E-state index in [1.165, 1.54) is 7.11 Å². The normalized spacial score (nSPS) is 10.4. The van der Waals surface area contributed by atoms with Gasteiger partial charge in [-0.25, -0.2) is 0 Å². The molecule has 18 heavy (non-hydrogen) atoms. The lowest BCUT2D eigenvalue weighted by molar-refractivity contribution is 0.0697. The van der Waals surface area contributed by atoms with Crippen molar-refractivity contribution >= 4 is 15.9 Å². The Morgan fingerprint density at radius 1 is 1.17 bits per heavy atom. The highest BCUT2D eigenvalue weighted by Crippen LogP contribution is 2.36. The second-order valence-corrected chi connectivity index (χ2v) is 4.31. The molecule has 0 heterocycles. The van der Waals surface area contributed by atoms with Crippen molar-refractivity contribution in [2.75, 3.05) is 33.5 Å². The first kappa shape index (κ1) is 15.2. The molecule has 0 aromatic heterocycles. The Morgan fingerprint density at radius 2 is 1.94 bits per heavy atom. The molecular weight excluding hydrogens is 304 g/mol. The van der Waals surface area contributed by atoms with Crippen LogP contribution in [0.15, 0.2) is 16.6 Å². The first-order valence-electron chi connectivity index (χ1n) is 5.51. The van der Waals surface area contributed by atoms with E-state index >= 15 is 0 Å². The number of benzene rings is 1. The quantitative estimate of drug-likeness (QED) is 0.707. The van der Waals surface area contributed by atoms with Crippen molar-refractivity contribution in [3.63, 3.8) is 0 Å². The molecule has 0 radical (unpaired) electrons. The van der Waals surface area contributed by atoms with Gasteiger partial charge in [0.25, 0.3) is 0 Å². The fourth-order valence-corrected chi connectivity index (χ4v) is 1.98. The minimum absolute atomic E-state index is 0.00177. The first-order valence-corrected chi connectivity index (χ1v) is 6.31. The lowest BCUT2D eigenvalue weighted by Gasteiger charge is -2.13. The predicted molar refractivity (Wildman–Crippen MR) is 70.0 cm³/mol. The van der Waals surface area contributed by atoms with Gasteiger partial charge in [0.1, 0.15) is 6.61 Å². The molecule has 0 unspecified atom stereocenters. The number of hydrogen-bond donors (Lipinski definition) is 2. The van der Waals surface area contributed by atoms with E-state index in [4.69, 9.17) is 24.4 Å². The average Bonchev–Trinajstić information content (AvgIpc) is 2.39. The van der Waals surface area contributed by atoms with Crippen molar-refractivity contribution in [2.45, 2.75) is 6.61 Å². The van der Waals surface area contributed by atoms with E-state index in [-0.39, 0.29) is 13.2 Å². The molecule has 1 aromatic rings. The Hall–Kier alpha value is -0.820. The van der Waals surface area contributed by atoms with Crippen LogP contribution in [0.5, 0.6) is 11.5 Å². The van der Waals surface area contributed by atoms with Gasteiger partial charge in [-0.05, 0) is 33.6 Å². The van der Waals surface area contributed by atoms with Gasteiger partial charge in [-0.2, -0.15) is 0 Å². The van der Waals surface area contributed by atoms with Crippen LogP contribution in [0.1, 0.15) is 5.56 Å². The van der Waals surface area contributed by atoms with Gasteiger partial charge >= 0.3 is 0 Å². The highest BCUT2D eigenvalue weighted by molar-refractivity contribution is 9.10. The lowest BCUT2D eigenvalue weighted by atomic mass is 10.2. The van der Waals surface area contributed by atoms with Gasteiger partial charge < -0.3 is 24.4 Å². The molecule has 6 heteroatoms. The van der Waals surface area contributed by atoms with Gasteiger partial charge in [0, 0.05) is 0 Å². The molecule has 0 fully saturated rings. The lowest BCUT2D eigenvalue weighted by Crippen LogP contribution is -2.10. The zero-order chi connectivity index (χ0) is 13.4. The molecule has 0 saturated carbocycles. The van der Waals surface area contributed by atoms with Gasteiger partial charge in [0.05, 0.1) is 38.0 Å². The minimum atomic E-state index is -0.0607. The highest BCUT2D eigenvalue weighted by Gasteiger charge is 2.11. The molecule has 1 aromatic carbocycles. The molecule has 0 aliphatic heterocycles. The van der Waals surface area contributed by atoms with Crippen molar-refractivity contribution in [1.82, 2.24) is 0 Å². The van der Waals surface area contributed by atoms with Gasteiger partial charge in [0.15, 0.2) is 11.5 Å². The molecule has 5 nitrogen and oxygen atoms in total. The van der Waals surface area contributed by atoms with E-state index in [0.717, 1.165) is 5.56 Å². The Kier molecular flexibility index (Phi) is 7.04. The second kappa shape index (κ2) is 8.31. The molecule has 1 rings (SSSR count). The van der Waals surface area contributed by atoms with Crippen LogP contribution in [0.3, 0.4) is 0 Å². The zero-order valence-electron chi connectivity index (χ0n) is 10.2. The molecule has 0 aliphatic rings. The summed E-state index contributed by atoms with van der Waals surface area (Å²) >= 11 is 3.37. The van der Waals surface area contributed by atoms with Crippen LogP contribution >= 0.6 is 15.9 Å². The molecule has 0 amide bonds. The Morgan fingerprint density at radius 3 is 2.56 bits per heavy atom. The predicted octanol–water partition coefficient (Wildman–Crippen LogP) is 1.34.